The fourth-order valence-electron chi connectivity index (χ4n) is 2.26. The average molecular weight is 213 g/mol. The summed E-state index contributed by atoms with van der Waals surface area (Å²) in [6, 6.07) is 0. The lowest BCUT2D eigenvalue weighted by atomic mass is 9.90. The molecule has 83 valence electrons. The highest BCUT2D eigenvalue weighted by molar-refractivity contribution is 7.98. The second-order valence-electron chi connectivity index (χ2n) is 4.47. The van der Waals surface area contributed by atoms with E-state index in [1.165, 1.54) is 70.0 Å². The van der Waals surface area contributed by atoms with E-state index in [1.54, 1.807) is 0 Å². The summed E-state index contributed by atoms with van der Waals surface area (Å²) in [5, 5.41) is 0. The van der Waals surface area contributed by atoms with E-state index in [4.69, 9.17) is 0 Å². The first-order chi connectivity index (χ1) is 6.93. The van der Waals surface area contributed by atoms with Gasteiger partial charge < -0.3 is 0 Å². The van der Waals surface area contributed by atoms with E-state index in [9.17, 15) is 0 Å². The van der Waals surface area contributed by atoms with E-state index < -0.39 is 0 Å². The van der Waals surface area contributed by atoms with Crippen LogP contribution in [0.2, 0.25) is 0 Å². The summed E-state index contributed by atoms with van der Waals surface area (Å²) in [6.45, 7) is 0. The lowest BCUT2D eigenvalue weighted by Gasteiger charge is -2.17. The molecule has 14 heavy (non-hydrogen) atoms. The predicted octanol–water partition coefficient (Wildman–Crippen LogP) is 4.84. The van der Waals surface area contributed by atoms with Gasteiger partial charge in [-0.2, -0.15) is 11.8 Å². The third-order valence-electron chi connectivity index (χ3n) is 3.22. The number of thioether (sulfide) groups is 1. The van der Waals surface area contributed by atoms with Crippen molar-refractivity contribution in [1.82, 2.24) is 0 Å². The Labute approximate surface area is 94.2 Å². The van der Waals surface area contributed by atoms with Crippen LogP contribution in [0.25, 0.3) is 0 Å². The van der Waals surface area contributed by atoms with Crippen molar-refractivity contribution >= 4 is 11.8 Å². The summed E-state index contributed by atoms with van der Waals surface area (Å²) < 4.78 is 0. The second kappa shape index (κ2) is 8.64. The Morgan fingerprint density at radius 2 is 1.36 bits per heavy atom. The van der Waals surface area contributed by atoms with E-state index in [1.807, 2.05) is 17.7 Å². The number of hydrogen-bond acceptors (Lipinski definition) is 1. The quantitative estimate of drug-likeness (QED) is 0.646. The highest BCUT2D eigenvalue weighted by atomic mass is 32.2. The van der Waals surface area contributed by atoms with Crippen LogP contribution in [0.15, 0.2) is 0 Å². The van der Waals surface area contributed by atoms with Crippen molar-refractivity contribution < 1.29 is 0 Å². The van der Waals surface area contributed by atoms with Gasteiger partial charge in [0, 0.05) is 0 Å². The molecule has 1 aliphatic carbocycles. The minimum Gasteiger partial charge on any atom is -0.165 e. The van der Waals surface area contributed by atoms with Crippen LogP contribution in [0.1, 0.15) is 64.2 Å². The van der Waals surface area contributed by atoms with Crippen molar-refractivity contribution in [1.29, 1.82) is 0 Å². The summed E-state index contributed by atoms with van der Waals surface area (Å²) in [5.41, 5.74) is 0. The lowest BCUT2D eigenvalue weighted by molar-refractivity contribution is 0.512. The first-order valence-corrected chi connectivity index (χ1v) is 7.65. The fourth-order valence-corrected chi connectivity index (χ4v) is 2.75. The first kappa shape index (κ1) is 12.4. The zero-order valence-corrected chi connectivity index (χ0v) is 10.5. The summed E-state index contributed by atoms with van der Waals surface area (Å²) in [7, 11) is 0. The first-order valence-electron chi connectivity index (χ1n) is 6.26. The van der Waals surface area contributed by atoms with Gasteiger partial charge in [-0.3, -0.25) is 0 Å². The normalized spacial score (nSPS) is 22.1. The third kappa shape index (κ3) is 5.95. The Kier molecular flexibility index (Phi) is 7.67. The number of rotatable bonds is 3. The van der Waals surface area contributed by atoms with Crippen LogP contribution in [-0.2, 0) is 0 Å². The van der Waals surface area contributed by atoms with Crippen LogP contribution >= 0.6 is 11.8 Å². The fraction of sp³-hybridized carbons (Fsp3) is 0.923. The van der Waals surface area contributed by atoms with Crippen molar-refractivity contribution in [3.8, 4) is 0 Å². The molecule has 0 unspecified atom stereocenters. The van der Waals surface area contributed by atoms with Crippen LogP contribution in [0.3, 0.4) is 0 Å². The van der Waals surface area contributed by atoms with Gasteiger partial charge in [0.2, 0.25) is 0 Å². The molecule has 0 aromatic carbocycles. The molecule has 0 atom stereocenters. The Morgan fingerprint density at radius 1 is 0.857 bits per heavy atom. The molecule has 1 heteroatoms. The van der Waals surface area contributed by atoms with Gasteiger partial charge in [0.25, 0.3) is 0 Å². The molecule has 0 amide bonds. The molecular formula is C13H25S. The maximum absolute atomic E-state index is 2.22. The maximum atomic E-state index is 2.22. The largest absolute Gasteiger partial charge is 0.165 e. The smallest absolute Gasteiger partial charge is 0.00648 e. The molecule has 0 nitrogen and oxygen atoms in total. The number of hydrogen-bond donors (Lipinski definition) is 0. The maximum Gasteiger partial charge on any atom is -0.00648 e. The molecule has 0 aliphatic heterocycles. The third-order valence-corrected chi connectivity index (χ3v) is 3.83. The topological polar surface area (TPSA) is 0 Å². The molecule has 1 radical (unpaired) electrons. The summed E-state index contributed by atoms with van der Waals surface area (Å²) in [5.74, 6) is 3.20. The standard InChI is InChI=1S/C13H25S/c1-14-12-11-13-9-7-5-3-2-4-6-8-10-13/h2-12H2,1H3. The zero-order chi connectivity index (χ0) is 10.1. The molecule has 0 N–H and O–H groups in total. The van der Waals surface area contributed by atoms with Crippen LogP contribution in [0.4, 0.5) is 0 Å². The molecule has 0 bridgehead atoms. The van der Waals surface area contributed by atoms with Gasteiger partial charge in [0.05, 0.1) is 0 Å². The SMILES string of the molecule is CSCC[C]1CCCCCCCCC1. The monoisotopic (exact) mass is 213 g/mol. The van der Waals surface area contributed by atoms with Crippen LogP contribution < -0.4 is 0 Å². The van der Waals surface area contributed by atoms with Gasteiger partial charge >= 0.3 is 0 Å². The zero-order valence-electron chi connectivity index (χ0n) is 9.69. The van der Waals surface area contributed by atoms with Crippen molar-refractivity contribution in [2.75, 3.05) is 12.0 Å². The lowest BCUT2D eigenvalue weighted by Crippen LogP contribution is -2.01. The van der Waals surface area contributed by atoms with Gasteiger partial charge in [-0.25, -0.2) is 0 Å². The average Bonchev–Trinajstić information content (AvgIpc) is 2.23. The Bertz CT molecular complexity index is 112. The van der Waals surface area contributed by atoms with Gasteiger partial charge in [0.15, 0.2) is 0 Å². The van der Waals surface area contributed by atoms with Crippen LogP contribution in [0.5, 0.6) is 0 Å². The van der Waals surface area contributed by atoms with E-state index in [2.05, 4.69) is 6.26 Å². The van der Waals surface area contributed by atoms with Gasteiger partial charge in [-0.05, 0) is 37.2 Å². The van der Waals surface area contributed by atoms with Crippen molar-refractivity contribution in [3.63, 3.8) is 0 Å². The van der Waals surface area contributed by atoms with Crippen LogP contribution in [0, 0.1) is 5.92 Å². The molecule has 0 saturated heterocycles. The summed E-state index contributed by atoms with van der Waals surface area (Å²) >= 11 is 2.00. The van der Waals surface area contributed by atoms with E-state index in [0.717, 1.165) is 0 Å². The molecule has 0 aromatic rings. The Hall–Kier alpha value is 0.350. The Balaban J connectivity index is 2.16. The van der Waals surface area contributed by atoms with E-state index in [-0.39, 0.29) is 0 Å². The van der Waals surface area contributed by atoms with Crippen molar-refractivity contribution in [3.05, 3.63) is 5.92 Å². The highest BCUT2D eigenvalue weighted by Gasteiger charge is 2.09. The molecule has 1 fully saturated rings. The minimum absolute atomic E-state index is 1.34. The van der Waals surface area contributed by atoms with Crippen molar-refractivity contribution in [2.24, 2.45) is 0 Å². The van der Waals surface area contributed by atoms with E-state index >= 15 is 0 Å². The highest BCUT2D eigenvalue weighted by Crippen LogP contribution is 2.26. The summed E-state index contributed by atoms with van der Waals surface area (Å²) in [6.07, 6.45) is 16.8. The molecular weight excluding hydrogens is 188 g/mol. The summed E-state index contributed by atoms with van der Waals surface area (Å²) in [4.78, 5) is 0. The molecule has 0 aromatic heterocycles. The van der Waals surface area contributed by atoms with Gasteiger partial charge in [0.1, 0.15) is 0 Å². The molecule has 1 saturated carbocycles. The van der Waals surface area contributed by atoms with E-state index in [0.29, 0.717) is 0 Å². The molecule has 1 rings (SSSR count). The minimum atomic E-state index is 1.34. The van der Waals surface area contributed by atoms with Gasteiger partial charge in [-0.1, -0.05) is 44.9 Å². The Morgan fingerprint density at radius 3 is 1.86 bits per heavy atom. The van der Waals surface area contributed by atoms with Crippen LogP contribution in [-0.4, -0.2) is 12.0 Å². The van der Waals surface area contributed by atoms with Crippen molar-refractivity contribution in [2.45, 2.75) is 64.2 Å². The molecule has 1 aliphatic rings. The molecule has 0 heterocycles. The molecule has 0 spiro atoms. The second-order valence-corrected chi connectivity index (χ2v) is 5.45. The van der Waals surface area contributed by atoms with Gasteiger partial charge in [-0.15, -0.1) is 0 Å². The predicted molar refractivity (Wildman–Crippen MR) is 67.8 cm³/mol.